The quantitative estimate of drug-likeness (QED) is 0.831. The Bertz CT molecular complexity index is 683. The zero-order valence-corrected chi connectivity index (χ0v) is 11.7. The van der Waals surface area contributed by atoms with Gasteiger partial charge < -0.3 is 0 Å². The van der Waals surface area contributed by atoms with Crippen LogP contribution in [0.1, 0.15) is 32.1 Å². The molecule has 1 saturated carbocycles. The number of rotatable bonds is 2. The van der Waals surface area contributed by atoms with Crippen LogP contribution in [0, 0.1) is 0 Å². The average molecular weight is 274 g/mol. The molecule has 19 heavy (non-hydrogen) atoms. The Morgan fingerprint density at radius 1 is 0.842 bits per heavy atom. The van der Waals surface area contributed by atoms with Crippen LogP contribution in [-0.2, 0) is 9.84 Å². The molecule has 0 amide bonds. The second-order valence-electron chi connectivity index (χ2n) is 5.31. The maximum atomic E-state index is 12.6. The minimum Gasteiger partial charge on any atom is -0.223 e. The lowest BCUT2D eigenvalue weighted by molar-refractivity contribution is 0.484. The standard InChI is InChI=1S/C16H18O2S/c17-19(18,15-8-2-1-3-9-15)16-11-10-13-6-4-5-7-14(13)12-16/h4-7,10-12,15H,1-3,8-9H2. The van der Waals surface area contributed by atoms with Gasteiger partial charge in [-0.25, -0.2) is 8.42 Å². The van der Waals surface area contributed by atoms with Gasteiger partial charge in [-0.05, 0) is 35.7 Å². The van der Waals surface area contributed by atoms with Crippen molar-refractivity contribution in [3.63, 3.8) is 0 Å². The van der Waals surface area contributed by atoms with Gasteiger partial charge in [0.25, 0.3) is 0 Å². The van der Waals surface area contributed by atoms with Gasteiger partial charge in [0.1, 0.15) is 0 Å². The highest BCUT2D eigenvalue weighted by Gasteiger charge is 2.28. The van der Waals surface area contributed by atoms with Gasteiger partial charge in [0, 0.05) is 0 Å². The molecule has 1 aliphatic carbocycles. The summed E-state index contributed by atoms with van der Waals surface area (Å²) < 4.78 is 25.3. The molecule has 0 bridgehead atoms. The van der Waals surface area contributed by atoms with Gasteiger partial charge in [0.05, 0.1) is 10.1 Å². The van der Waals surface area contributed by atoms with Crippen molar-refractivity contribution in [3.8, 4) is 0 Å². The molecule has 0 aromatic heterocycles. The molecule has 0 aliphatic heterocycles. The average Bonchev–Trinajstić information content (AvgIpc) is 2.47. The third-order valence-corrected chi connectivity index (χ3v) is 6.30. The summed E-state index contributed by atoms with van der Waals surface area (Å²) in [6, 6.07) is 13.4. The lowest BCUT2D eigenvalue weighted by Gasteiger charge is -2.21. The molecule has 0 N–H and O–H groups in total. The van der Waals surface area contributed by atoms with E-state index in [1.54, 1.807) is 6.07 Å². The highest BCUT2D eigenvalue weighted by Crippen LogP contribution is 2.30. The van der Waals surface area contributed by atoms with Crippen molar-refractivity contribution in [1.82, 2.24) is 0 Å². The summed E-state index contributed by atoms with van der Waals surface area (Å²) in [5.74, 6) is 0. The van der Waals surface area contributed by atoms with Crippen LogP contribution < -0.4 is 0 Å². The third-order valence-electron chi connectivity index (χ3n) is 4.04. The van der Waals surface area contributed by atoms with Crippen molar-refractivity contribution in [2.45, 2.75) is 42.2 Å². The minimum absolute atomic E-state index is 0.178. The van der Waals surface area contributed by atoms with Crippen molar-refractivity contribution in [2.75, 3.05) is 0 Å². The van der Waals surface area contributed by atoms with E-state index in [1.807, 2.05) is 36.4 Å². The number of fused-ring (bicyclic) bond motifs is 1. The lowest BCUT2D eigenvalue weighted by atomic mass is 10.0. The van der Waals surface area contributed by atoms with Gasteiger partial charge >= 0.3 is 0 Å². The van der Waals surface area contributed by atoms with Gasteiger partial charge in [-0.3, -0.25) is 0 Å². The summed E-state index contributed by atoms with van der Waals surface area (Å²) in [4.78, 5) is 0.484. The largest absolute Gasteiger partial charge is 0.223 e. The third kappa shape index (κ3) is 2.39. The van der Waals surface area contributed by atoms with Gasteiger partial charge in [-0.1, -0.05) is 49.6 Å². The predicted molar refractivity (Wildman–Crippen MR) is 78.0 cm³/mol. The molecular weight excluding hydrogens is 256 g/mol. The van der Waals surface area contributed by atoms with E-state index in [0.717, 1.165) is 36.5 Å². The molecule has 3 rings (SSSR count). The maximum Gasteiger partial charge on any atom is 0.181 e. The van der Waals surface area contributed by atoms with Gasteiger partial charge in [-0.2, -0.15) is 0 Å². The molecule has 0 heterocycles. The van der Waals surface area contributed by atoms with Crippen LogP contribution in [0.25, 0.3) is 10.8 Å². The molecule has 1 fully saturated rings. The Hall–Kier alpha value is -1.35. The highest BCUT2D eigenvalue weighted by atomic mass is 32.2. The van der Waals surface area contributed by atoms with E-state index in [0.29, 0.717) is 4.90 Å². The normalized spacial score (nSPS) is 17.7. The number of hydrogen-bond acceptors (Lipinski definition) is 2. The topological polar surface area (TPSA) is 34.1 Å². The van der Waals surface area contributed by atoms with Gasteiger partial charge in [0.15, 0.2) is 9.84 Å². The first kappa shape index (κ1) is 12.7. The summed E-state index contributed by atoms with van der Waals surface area (Å²) in [5.41, 5.74) is 0. The van der Waals surface area contributed by atoms with E-state index in [9.17, 15) is 8.42 Å². The van der Waals surface area contributed by atoms with E-state index in [1.165, 1.54) is 6.42 Å². The van der Waals surface area contributed by atoms with E-state index >= 15 is 0 Å². The van der Waals surface area contributed by atoms with Crippen molar-refractivity contribution in [2.24, 2.45) is 0 Å². The Labute approximate surface area is 114 Å². The predicted octanol–water partition coefficient (Wildman–Crippen LogP) is 3.95. The van der Waals surface area contributed by atoms with Crippen LogP contribution in [0.2, 0.25) is 0 Å². The first-order valence-electron chi connectivity index (χ1n) is 6.91. The van der Waals surface area contributed by atoms with Crippen molar-refractivity contribution in [1.29, 1.82) is 0 Å². The van der Waals surface area contributed by atoms with Crippen LogP contribution >= 0.6 is 0 Å². The Morgan fingerprint density at radius 3 is 2.26 bits per heavy atom. The van der Waals surface area contributed by atoms with Crippen molar-refractivity contribution >= 4 is 20.6 Å². The van der Waals surface area contributed by atoms with E-state index < -0.39 is 9.84 Å². The summed E-state index contributed by atoms with van der Waals surface area (Å²) in [6.45, 7) is 0. The molecule has 2 nitrogen and oxygen atoms in total. The minimum atomic E-state index is -3.15. The lowest BCUT2D eigenvalue weighted by Crippen LogP contribution is -2.24. The monoisotopic (exact) mass is 274 g/mol. The SMILES string of the molecule is O=S(=O)(c1ccc2ccccc2c1)C1CCCCC1. The van der Waals surface area contributed by atoms with Gasteiger partial charge in [0.2, 0.25) is 0 Å². The summed E-state index contributed by atoms with van der Waals surface area (Å²) >= 11 is 0. The zero-order chi connectivity index (χ0) is 13.3. The van der Waals surface area contributed by atoms with Crippen LogP contribution in [0.4, 0.5) is 0 Å². The first-order chi connectivity index (χ1) is 9.18. The fourth-order valence-electron chi connectivity index (χ4n) is 2.91. The van der Waals surface area contributed by atoms with Crippen LogP contribution in [0.3, 0.4) is 0 Å². The molecule has 0 unspecified atom stereocenters. The summed E-state index contributed by atoms with van der Waals surface area (Å²) in [6.07, 6.45) is 4.88. The molecule has 0 spiro atoms. The second kappa shape index (κ2) is 4.97. The Kier molecular flexibility index (Phi) is 3.31. The van der Waals surface area contributed by atoms with E-state index in [4.69, 9.17) is 0 Å². The van der Waals surface area contributed by atoms with E-state index in [2.05, 4.69) is 0 Å². The fraction of sp³-hybridized carbons (Fsp3) is 0.375. The fourth-order valence-corrected chi connectivity index (χ4v) is 4.80. The Morgan fingerprint density at radius 2 is 1.53 bits per heavy atom. The molecular formula is C16H18O2S. The smallest absolute Gasteiger partial charge is 0.181 e. The van der Waals surface area contributed by atoms with Crippen molar-refractivity contribution < 1.29 is 8.42 Å². The molecule has 2 aromatic rings. The second-order valence-corrected chi connectivity index (χ2v) is 7.54. The van der Waals surface area contributed by atoms with Crippen LogP contribution in [-0.4, -0.2) is 13.7 Å². The van der Waals surface area contributed by atoms with Crippen LogP contribution in [0.5, 0.6) is 0 Å². The van der Waals surface area contributed by atoms with Gasteiger partial charge in [-0.15, -0.1) is 0 Å². The Balaban J connectivity index is 2.02. The number of sulfone groups is 1. The van der Waals surface area contributed by atoms with Crippen LogP contribution in [0.15, 0.2) is 47.4 Å². The molecule has 3 heteroatoms. The molecule has 100 valence electrons. The summed E-state index contributed by atoms with van der Waals surface area (Å²) in [5, 5.41) is 1.91. The summed E-state index contributed by atoms with van der Waals surface area (Å²) in [7, 11) is -3.15. The first-order valence-corrected chi connectivity index (χ1v) is 8.45. The highest BCUT2D eigenvalue weighted by molar-refractivity contribution is 7.92. The maximum absolute atomic E-state index is 12.6. The number of benzene rings is 2. The molecule has 0 atom stereocenters. The molecule has 0 radical (unpaired) electrons. The molecule has 2 aromatic carbocycles. The van der Waals surface area contributed by atoms with Crippen molar-refractivity contribution in [3.05, 3.63) is 42.5 Å². The molecule has 1 aliphatic rings. The number of hydrogen-bond donors (Lipinski definition) is 0. The van der Waals surface area contributed by atoms with E-state index in [-0.39, 0.29) is 5.25 Å². The molecule has 0 saturated heterocycles. The zero-order valence-electron chi connectivity index (χ0n) is 10.9.